The molecule has 3 heteroatoms. The molecule has 3 aromatic rings. The molecule has 3 aromatic carbocycles. The minimum Gasteiger partial charge on any atom is -0.507 e. The summed E-state index contributed by atoms with van der Waals surface area (Å²) in [5.41, 5.74) is 13.2. The highest BCUT2D eigenvalue weighted by Gasteiger charge is 2.09. The van der Waals surface area contributed by atoms with Crippen molar-refractivity contribution in [3.63, 3.8) is 0 Å². The monoisotopic (exact) mass is 224 g/mol. The highest BCUT2D eigenvalue weighted by molar-refractivity contribution is 6.15. The molecule has 0 amide bonds. The van der Waals surface area contributed by atoms with Gasteiger partial charge in [-0.3, -0.25) is 0 Å². The molecule has 84 valence electrons. The van der Waals surface area contributed by atoms with Crippen LogP contribution in [-0.2, 0) is 0 Å². The zero-order valence-corrected chi connectivity index (χ0v) is 9.14. The second-order valence-corrected chi connectivity index (χ2v) is 4.11. The van der Waals surface area contributed by atoms with Gasteiger partial charge in [0.25, 0.3) is 0 Å². The Balaban J connectivity index is 2.64. The first-order valence-corrected chi connectivity index (χ1v) is 5.37. The Morgan fingerprint density at radius 2 is 1.47 bits per heavy atom. The Bertz CT molecular complexity index is 675. The van der Waals surface area contributed by atoms with E-state index in [2.05, 4.69) is 0 Å². The first kappa shape index (κ1) is 9.78. The molecule has 5 N–H and O–H groups in total. The second kappa shape index (κ2) is 3.28. The van der Waals surface area contributed by atoms with Gasteiger partial charge in [0.05, 0.1) is 5.69 Å². The summed E-state index contributed by atoms with van der Waals surface area (Å²) in [6.45, 7) is 0. The molecule has 3 rings (SSSR count). The van der Waals surface area contributed by atoms with Crippen molar-refractivity contribution in [2.75, 3.05) is 11.5 Å². The number of nitrogen functional groups attached to an aromatic ring is 2. The third-order valence-corrected chi connectivity index (χ3v) is 3.05. The van der Waals surface area contributed by atoms with E-state index < -0.39 is 0 Å². The van der Waals surface area contributed by atoms with Gasteiger partial charge < -0.3 is 16.6 Å². The van der Waals surface area contributed by atoms with Crippen molar-refractivity contribution >= 4 is 32.9 Å². The third-order valence-electron chi connectivity index (χ3n) is 3.05. The van der Waals surface area contributed by atoms with E-state index in [-0.39, 0.29) is 5.75 Å². The van der Waals surface area contributed by atoms with Gasteiger partial charge in [-0.25, -0.2) is 0 Å². The summed E-state index contributed by atoms with van der Waals surface area (Å²) in [6.07, 6.45) is 0. The number of nitrogens with two attached hydrogens (primary N) is 2. The molecule has 0 bridgehead atoms. The van der Waals surface area contributed by atoms with Crippen LogP contribution in [0.3, 0.4) is 0 Å². The van der Waals surface area contributed by atoms with Crippen molar-refractivity contribution < 1.29 is 5.11 Å². The van der Waals surface area contributed by atoms with Crippen LogP contribution in [0.2, 0.25) is 0 Å². The van der Waals surface area contributed by atoms with E-state index >= 15 is 0 Å². The minimum atomic E-state index is 0.185. The number of hydrogen-bond acceptors (Lipinski definition) is 3. The van der Waals surface area contributed by atoms with Crippen molar-refractivity contribution in [1.82, 2.24) is 0 Å². The van der Waals surface area contributed by atoms with Crippen LogP contribution in [-0.4, -0.2) is 5.11 Å². The van der Waals surface area contributed by atoms with E-state index in [4.69, 9.17) is 11.5 Å². The number of phenolic OH excluding ortho intramolecular Hbond substituents is 1. The Labute approximate surface area is 98.3 Å². The molecule has 0 radical (unpaired) electrons. The Hall–Kier alpha value is -2.42. The summed E-state index contributed by atoms with van der Waals surface area (Å²) in [4.78, 5) is 0. The normalized spacial score (nSPS) is 11.1. The summed E-state index contributed by atoms with van der Waals surface area (Å²) >= 11 is 0. The average Bonchev–Trinajstić information content (AvgIpc) is 2.28. The number of fused-ring (bicyclic) bond motifs is 2. The molecule has 0 aliphatic rings. The lowest BCUT2D eigenvalue weighted by molar-refractivity contribution is 0.482. The van der Waals surface area contributed by atoms with E-state index in [9.17, 15) is 5.11 Å². The fourth-order valence-corrected chi connectivity index (χ4v) is 2.28. The van der Waals surface area contributed by atoms with E-state index in [1.54, 1.807) is 12.1 Å². The Morgan fingerprint density at radius 3 is 2.24 bits per heavy atom. The fourth-order valence-electron chi connectivity index (χ4n) is 2.28. The number of rotatable bonds is 0. The molecule has 0 fully saturated rings. The zero-order chi connectivity index (χ0) is 12.0. The maximum atomic E-state index is 9.88. The maximum absolute atomic E-state index is 9.88. The quantitative estimate of drug-likeness (QED) is 0.406. The summed E-state index contributed by atoms with van der Waals surface area (Å²) < 4.78 is 0. The molecular formula is C14H12N2O. The number of aromatic hydroxyl groups is 1. The first-order chi connectivity index (χ1) is 8.18. The SMILES string of the molecule is Nc1cccc2cc3cccc(O)c3c(N)c12. The second-order valence-electron chi connectivity index (χ2n) is 4.11. The van der Waals surface area contributed by atoms with Gasteiger partial charge in [0.15, 0.2) is 0 Å². The third kappa shape index (κ3) is 1.29. The topological polar surface area (TPSA) is 72.3 Å². The smallest absolute Gasteiger partial charge is 0.125 e. The lowest BCUT2D eigenvalue weighted by atomic mass is 9.99. The van der Waals surface area contributed by atoms with Crippen LogP contribution in [0.5, 0.6) is 5.75 Å². The van der Waals surface area contributed by atoms with Crippen molar-refractivity contribution in [3.8, 4) is 5.75 Å². The van der Waals surface area contributed by atoms with E-state index in [0.717, 1.165) is 16.2 Å². The molecule has 0 aliphatic carbocycles. The molecule has 17 heavy (non-hydrogen) atoms. The number of hydrogen-bond donors (Lipinski definition) is 3. The Kier molecular flexibility index (Phi) is 1.89. The summed E-state index contributed by atoms with van der Waals surface area (Å²) in [6, 6.07) is 13.0. The number of anilines is 2. The van der Waals surface area contributed by atoms with Crippen LogP contribution in [0.25, 0.3) is 21.5 Å². The van der Waals surface area contributed by atoms with Gasteiger partial charge in [0.2, 0.25) is 0 Å². The number of benzene rings is 3. The van der Waals surface area contributed by atoms with Crippen LogP contribution in [0, 0.1) is 0 Å². The van der Waals surface area contributed by atoms with Gasteiger partial charge in [0, 0.05) is 16.5 Å². The highest BCUT2D eigenvalue weighted by Crippen LogP contribution is 2.38. The largest absolute Gasteiger partial charge is 0.507 e. The van der Waals surface area contributed by atoms with Gasteiger partial charge in [-0.15, -0.1) is 0 Å². The molecule has 0 heterocycles. The highest BCUT2D eigenvalue weighted by atomic mass is 16.3. The van der Waals surface area contributed by atoms with Crippen molar-refractivity contribution in [2.45, 2.75) is 0 Å². The lowest BCUT2D eigenvalue weighted by Gasteiger charge is -2.10. The molecule has 0 saturated carbocycles. The van der Waals surface area contributed by atoms with Crippen LogP contribution in [0.15, 0.2) is 42.5 Å². The summed E-state index contributed by atoms with van der Waals surface area (Å²) in [5.74, 6) is 0.185. The molecule has 0 aromatic heterocycles. The molecular weight excluding hydrogens is 212 g/mol. The van der Waals surface area contributed by atoms with Crippen molar-refractivity contribution in [2.24, 2.45) is 0 Å². The zero-order valence-electron chi connectivity index (χ0n) is 9.14. The van der Waals surface area contributed by atoms with Crippen LogP contribution < -0.4 is 11.5 Å². The number of phenols is 1. The average molecular weight is 224 g/mol. The van der Waals surface area contributed by atoms with Gasteiger partial charge in [0.1, 0.15) is 5.75 Å². The van der Waals surface area contributed by atoms with Crippen LogP contribution in [0.4, 0.5) is 11.4 Å². The van der Waals surface area contributed by atoms with E-state index in [1.807, 2.05) is 30.3 Å². The molecule has 3 nitrogen and oxygen atoms in total. The van der Waals surface area contributed by atoms with Crippen LogP contribution in [0.1, 0.15) is 0 Å². The predicted molar refractivity (Wildman–Crippen MR) is 71.9 cm³/mol. The van der Waals surface area contributed by atoms with Crippen LogP contribution >= 0.6 is 0 Å². The molecule has 0 aliphatic heterocycles. The molecule has 0 spiro atoms. The minimum absolute atomic E-state index is 0.185. The van der Waals surface area contributed by atoms with E-state index in [0.29, 0.717) is 16.8 Å². The standard InChI is InChI=1S/C14H12N2O/c15-10-5-1-3-8-7-9-4-2-6-11(17)13(9)14(16)12(8)10/h1-7,17H,15-16H2. The van der Waals surface area contributed by atoms with Crippen molar-refractivity contribution in [1.29, 1.82) is 0 Å². The Morgan fingerprint density at radius 1 is 0.824 bits per heavy atom. The molecule has 0 unspecified atom stereocenters. The summed E-state index contributed by atoms with van der Waals surface area (Å²) in [7, 11) is 0. The fraction of sp³-hybridized carbons (Fsp3) is 0. The van der Waals surface area contributed by atoms with Gasteiger partial charge in [-0.2, -0.15) is 0 Å². The predicted octanol–water partition coefficient (Wildman–Crippen LogP) is 2.86. The van der Waals surface area contributed by atoms with Gasteiger partial charge in [-0.1, -0.05) is 24.3 Å². The van der Waals surface area contributed by atoms with Gasteiger partial charge >= 0.3 is 0 Å². The maximum Gasteiger partial charge on any atom is 0.125 e. The summed E-state index contributed by atoms with van der Waals surface area (Å²) in [5, 5.41) is 13.3. The molecule has 0 saturated heterocycles. The molecule has 0 atom stereocenters. The van der Waals surface area contributed by atoms with Gasteiger partial charge in [-0.05, 0) is 29.0 Å². The first-order valence-electron chi connectivity index (χ1n) is 5.37. The van der Waals surface area contributed by atoms with E-state index in [1.165, 1.54) is 0 Å². The lowest BCUT2D eigenvalue weighted by Crippen LogP contribution is -1.94. The van der Waals surface area contributed by atoms with Crippen molar-refractivity contribution in [3.05, 3.63) is 42.5 Å².